The Labute approximate surface area is 231 Å². The monoisotopic (exact) mass is 543 g/mol. The van der Waals surface area contributed by atoms with Gasteiger partial charge in [0.2, 0.25) is 18.4 Å². The lowest BCUT2D eigenvalue weighted by molar-refractivity contribution is -0.141. The number of benzene rings is 3. The average Bonchev–Trinajstić information content (AvgIpc) is 3.61. The Morgan fingerprint density at radius 3 is 2.23 bits per heavy atom. The lowest BCUT2D eigenvalue weighted by atomic mass is 9.65. The maximum absolute atomic E-state index is 13.3. The van der Waals surface area contributed by atoms with Gasteiger partial charge in [-0.2, -0.15) is 0 Å². The summed E-state index contributed by atoms with van der Waals surface area (Å²) in [7, 11) is 4.64. The summed E-state index contributed by atoms with van der Waals surface area (Å²) in [5.41, 5.74) is 3.36. The van der Waals surface area contributed by atoms with Crippen LogP contribution in [0.1, 0.15) is 34.2 Å². The minimum absolute atomic E-state index is 0.0960. The summed E-state index contributed by atoms with van der Waals surface area (Å²) in [5.74, 6) is 0.653. The van der Waals surface area contributed by atoms with Crippen molar-refractivity contribution in [1.82, 2.24) is 5.32 Å². The van der Waals surface area contributed by atoms with Crippen LogP contribution in [0.3, 0.4) is 0 Å². The van der Waals surface area contributed by atoms with Crippen LogP contribution < -0.4 is 29.0 Å². The lowest BCUT2D eigenvalue weighted by Crippen LogP contribution is -2.42. The number of carbonyl (C=O) groups excluding carboxylic acids is 2. The molecule has 3 aromatic carbocycles. The molecule has 9 nitrogen and oxygen atoms in total. The molecule has 40 heavy (non-hydrogen) atoms. The maximum Gasteiger partial charge on any atom is 0.310 e. The number of nitrogens with one attached hydrogen (secondary N) is 1. The number of fused-ring (bicyclic) bond motifs is 3. The summed E-state index contributed by atoms with van der Waals surface area (Å²) in [6.07, 6.45) is 3.26. The van der Waals surface area contributed by atoms with Gasteiger partial charge in [-0.1, -0.05) is 30.3 Å². The predicted molar refractivity (Wildman–Crippen MR) is 145 cm³/mol. The molecule has 0 aromatic heterocycles. The van der Waals surface area contributed by atoms with E-state index in [4.69, 9.17) is 28.4 Å². The predicted octanol–water partition coefficient (Wildman–Crippen LogP) is 4.25. The number of amides is 1. The van der Waals surface area contributed by atoms with E-state index in [9.17, 15) is 9.59 Å². The highest BCUT2D eigenvalue weighted by Crippen LogP contribution is 2.55. The van der Waals surface area contributed by atoms with Gasteiger partial charge in [0.05, 0.1) is 39.9 Å². The molecule has 6 rings (SSSR count). The van der Waals surface area contributed by atoms with Gasteiger partial charge in [-0.05, 0) is 52.6 Å². The molecule has 3 aliphatic rings. The topological polar surface area (TPSA) is 102 Å². The largest absolute Gasteiger partial charge is 0.493 e. The summed E-state index contributed by atoms with van der Waals surface area (Å²) < 4.78 is 33.8. The van der Waals surface area contributed by atoms with Gasteiger partial charge in [-0.15, -0.1) is 0 Å². The molecule has 2 aliphatic heterocycles. The molecule has 1 N–H and O–H groups in total. The molecule has 4 atom stereocenters. The van der Waals surface area contributed by atoms with E-state index in [2.05, 4.69) is 5.32 Å². The Morgan fingerprint density at radius 1 is 0.900 bits per heavy atom. The lowest BCUT2D eigenvalue weighted by Gasteiger charge is -2.39. The highest BCUT2D eigenvalue weighted by molar-refractivity contribution is 5.92. The number of methoxy groups -OCH3 is 3. The van der Waals surface area contributed by atoms with Crippen molar-refractivity contribution in [3.8, 4) is 28.7 Å². The van der Waals surface area contributed by atoms with Crippen LogP contribution in [0.15, 0.2) is 60.7 Å². The van der Waals surface area contributed by atoms with Gasteiger partial charge in [0.15, 0.2) is 23.0 Å². The fraction of sp³-hybridized carbons (Fsp3) is 0.290. The van der Waals surface area contributed by atoms with Crippen LogP contribution in [0.2, 0.25) is 0 Å². The zero-order valence-electron chi connectivity index (χ0n) is 22.3. The normalized spacial score (nSPS) is 22.3. The van der Waals surface area contributed by atoms with E-state index in [-0.39, 0.29) is 31.2 Å². The number of rotatable bonds is 7. The molecule has 9 heteroatoms. The second-order valence-corrected chi connectivity index (χ2v) is 9.82. The Morgan fingerprint density at radius 2 is 1.57 bits per heavy atom. The molecule has 3 aromatic rings. The van der Waals surface area contributed by atoms with Gasteiger partial charge in [0.1, 0.15) is 0 Å². The molecule has 1 aliphatic carbocycles. The zero-order chi connectivity index (χ0) is 27.8. The molecular weight excluding hydrogens is 514 g/mol. The number of hydrogen-bond acceptors (Lipinski definition) is 8. The maximum atomic E-state index is 13.3. The molecular formula is C31H29NO8. The van der Waals surface area contributed by atoms with Crippen molar-refractivity contribution >= 4 is 18.0 Å². The number of hydrogen-bond donors (Lipinski definition) is 1. The summed E-state index contributed by atoms with van der Waals surface area (Å²) in [5, 5.41) is 3.14. The van der Waals surface area contributed by atoms with Crippen LogP contribution in [-0.4, -0.2) is 46.6 Å². The third kappa shape index (κ3) is 4.37. The van der Waals surface area contributed by atoms with E-state index in [1.807, 2.05) is 54.6 Å². The molecule has 0 unspecified atom stereocenters. The Kier molecular flexibility index (Phi) is 6.71. The van der Waals surface area contributed by atoms with E-state index in [0.717, 1.165) is 22.3 Å². The minimum Gasteiger partial charge on any atom is -0.493 e. The molecule has 206 valence electrons. The van der Waals surface area contributed by atoms with E-state index in [1.165, 1.54) is 6.08 Å². The second kappa shape index (κ2) is 10.5. The fourth-order valence-corrected chi connectivity index (χ4v) is 5.97. The van der Waals surface area contributed by atoms with Crippen molar-refractivity contribution in [1.29, 1.82) is 0 Å². The first kappa shape index (κ1) is 25.6. The van der Waals surface area contributed by atoms with Crippen molar-refractivity contribution in [2.24, 2.45) is 11.8 Å². The van der Waals surface area contributed by atoms with Crippen molar-refractivity contribution in [3.63, 3.8) is 0 Å². The number of carbonyl (C=O) groups is 2. The Balaban J connectivity index is 1.46. The Hall–Kier alpha value is -4.66. The molecule has 0 bridgehead atoms. The third-order valence-corrected chi connectivity index (χ3v) is 7.76. The van der Waals surface area contributed by atoms with Gasteiger partial charge in [-0.3, -0.25) is 9.59 Å². The molecule has 1 fully saturated rings. The first-order valence-corrected chi connectivity index (χ1v) is 13.0. The van der Waals surface area contributed by atoms with Crippen LogP contribution >= 0.6 is 0 Å². The SMILES string of the molecule is COc1cc([C@@H]2c3cc4c(cc3[C@@H](NC(=O)C=Cc3ccccc3)[C@H]3COC(=O)[C@H]23)OCO4)cc(OC)c1OC. The fourth-order valence-electron chi connectivity index (χ4n) is 5.97. The van der Waals surface area contributed by atoms with Crippen LogP contribution in [0.4, 0.5) is 0 Å². The van der Waals surface area contributed by atoms with Crippen molar-refractivity contribution in [3.05, 3.63) is 82.9 Å². The van der Waals surface area contributed by atoms with Gasteiger partial charge >= 0.3 is 5.97 Å². The van der Waals surface area contributed by atoms with Gasteiger partial charge in [0.25, 0.3) is 0 Å². The van der Waals surface area contributed by atoms with E-state index >= 15 is 0 Å². The summed E-state index contributed by atoms with van der Waals surface area (Å²) in [4.78, 5) is 26.5. The highest BCUT2D eigenvalue weighted by atomic mass is 16.7. The van der Waals surface area contributed by atoms with Crippen LogP contribution in [0, 0.1) is 11.8 Å². The van der Waals surface area contributed by atoms with Gasteiger partial charge in [0, 0.05) is 17.9 Å². The van der Waals surface area contributed by atoms with E-state index in [0.29, 0.717) is 28.7 Å². The van der Waals surface area contributed by atoms with Gasteiger partial charge in [-0.25, -0.2) is 0 Å². The van der Waals surface area contributed by atoms with Crippen molar-refractivity contribution < 1.29 is 38.0 Å². The Bertz CT molecular complexity index is 1460. The number of ether oxygens (including phenoxy) is 6. The standard InChI is InChI=1S/C31H29NO8/c1-35-24-11-18(12-25(36-2)30(24)37-3)27-19-13-22-23(40-16-39-22)14-20(19)29(21-15-38-31(34)28(21)27)32-26(33)10-9-17-7-5-4-6-8-17/h4-14,21,27-29H,15-16H2,1-3H3,(H,32,33)/t21-,27+,28-,29+/m0/s1. The summed E-state index contributed by atoms with van der Waals surface area (Å²) in [6, 6.07) is 16.6. The molecule has 0 spiro atoms. The number of cyclic esters (lactones) is 1. The van der Waals surface area contributed by atoms with Crippen molar-refractivity contribution in [2.45, 2.75) is 12.0 Å². The zero-order valence-corrected chi connectivity index (χ0v) is 22.3. The first-order chi connectivity index (χ1) is 19.5. The highest BCUT2D eigenvalue weighted by Gasteiger charge is 2.53. The first-order valence-electron chi connectivity index (χ1n) is 13.0. The number of esters is 1. The molecule has 0 radical (unpaired) electrons. The molecule has 0 saturated carbocycles. The molecule has 1 saturated heterocycles. The van der Waals surface area contributed by atoms with Gasteiger partial charge < -0.3 is 33.7 Å². The summed E-state index contributed by atoms with van der Waals surface area (Å²) in [6.45, 7) is 0.268. The van der Waals surface area contributed by atoms with E-state index < -0.39 is 17.9 Å². The smallest absolute Gasteiger partial charge is 0.310 e. The average molecular weight is 544 g/mol. The van der Waals surface area contributed by atoms with Crippen LogP contribution in [-0.2, 0) is 14.3 Å². The van der Waals surface area contributed by atoms with Crippen LogP contribution in [0.5, 0.6) is 28.7 Å². The quantitative estimate of drug-likeness (QED) is 0.349. The third-order valence-electron chi connectivity index (χ3n) is 7.76. The minimum atomic E-state index is -0.570. The molecule has 2 heterocycles. The van der Waals surface area contributed by atoms with Crippen molar-refractivity contribution in [2.75, 3.05) is 34.7 Å². The molecule has 1 amide bonds. The summed E-state index contributed by atoms with van der Waals surface area (Å²) >= 11 is 0. The second-order valence-electron chi connectivity index (χ2n) is 9.82. The van der Waals surface area contributed by atoms with E-state index in [1.54, 1.807) is 27.4 Å². The van der Waals surface area contributed by atoms with Crippen LogP contribution in [0.25, 0.3) is 6.08 Å².